The van der Waals surface area contributed by atoms with E-state index < -0.39 is 0 Å². The van der Waals surface area contributed by atoms with E-state index in [9.17, 15) is 0 Å². The van der Waals surface area contributed by atoms with Crippen molar-refractivity contribution in [3.63, 3.8) is 0 Å². The van der Waals surface area contributed by atoms with Crippen LogP contribution in [0.4, 0.5) is 0 Å². The summed E-state index contributed by atoms with van der Waals surface area (Å²) in [7, 11) is 1.73. The van der Waals surface area contributed by atoms with Gasteiger partial charge >= 0.3 is 0 Å². The van der Waals surface area contributed by atoms with Crippen LogP contribution in [0.25, 0.3) is 0 Å². The van der Waals surface area contributed by atoms with Crippen LogP contribution < -0.4 is 0 Å². The summed E-state index contributed by atoms with van der Waals surface area (Å²) >= 11 is 0. The van der Waals surface area contributed by atoms with Crippen LogP contribution in [0.1, 0.15) is 33.1 Å². The topological polar surface area (TPSA) is 9.23 Å². The highest BCUT2D eigenvalue weighted by Gasteiger charge is 2.38. The maximum Gasteiger partial charge on any atom is 0.0673 e. The van der Waals surface area contributed by atoms with E-state index >= 15 is 0 Å². The van der Waals surface area contributed by atoms with Crippen LogP contribution in [0.3, 0.4) is 0 Å². The summed E-state index contributed by atoms with van der Waals surface area (Å²) in [4.78, 5) is 0. The van der Waals surface area contributed by atoms with Gasteiger partial charge in [-0.15, -0.1) is 6.58 Å². The Bertz CT molecular complexity index is 315. The van der Waals surface area contributed by atoms with E-state index in [-0.39, 0.29) is 5.41 Å². The zero-order chi connectivity index (χ0) is 13.1. The molecule has 0 saturated heterocycles. The molecule has 1 heteroatoms. The van der Waals surface area contributed by atoms with Crippen LogP contribution in [0.5, 0.6) is 0 Å². The highest BCUT2D eigenvalue weighted by Crippen LogP contribution is 2.48. The second-order valence-corrected chi connectivity index (χ2v) is 5.67. The molecule has 3 atom stereocenters. The van der Waals surface area contributed by atoms with E-state index in [1.54, 1.807) is 7.11 Å². The lowest BCUT2D eigenvalue weighted by Crippen LogP contribution is -2.34. The van der Waals surface area contributed by atoms with Crippen LogP contribution in [-0.4, -0.2) is 13.7 Å². The monoisotopic (exact) mass is 234 g/mol. The van der Waals surface area contributed by atoms with Gasteiger partial charge in [0.2, 0.25) is 0 Å². The first kappa shape index (κ1) is 14.2. The fraction of sp³-hybridized carbons (Fsp3) is 0.625. The van der Waals surface area contributed by atoms with Gasteiger partial charge in [-0.3, -0.25) is 0 Å². The second kappa shape index (κ2) is 5.68. The van der Waals surface area contributed by atoms with Crippen molar-refractivity contribution in [3.05, 3.63) is 37.0 Å². The Morgan fingerprint density at radius 3 is 2.59 bits per heavy atom. The molecule has 0 heterocycles. The van der Waals surface area contributed by atoms with E-state index in [0.29, 0.717) is 18.4 Å². The average molecular weight is 234 g/mol. The fourth-order valence-corrected chi connectivity index (χ4v) is 3.01. The van der Waals surface area contributed by atoms with Crippen LogP contribution in [0.15, 0.2) is 37.0 Å². The van der Waals surface area contributed by atoms with Gasteiger partial charge in [0.05, 0.1) is 6.61 Å². The van der Waals surface area contributed by atoms with Crippen molar-refractivity contribution >= 4 is 0 Å². The summed E-state index contributed by atoms with van der Waals surface area (Å²) in [6, 6.07) is 0. The van der Waals surface area contributed by atoms with Crippen molar-refractivity contribution in [2.45, 2.75) is 33.1 Å². The van der Waals surface area contributed by atoms with E-state index in [4.69, 9.17) is 4.74 Å². The van der Waals surface area contributed by atoms with E-state index in [0.717, 1.165) is 6.42 Å². The summed E-state index contributed by atoms with van der Waals surface area (Å²) < 4.78 is 5.19. The zero-order valence-corrected chi connectivity index (χ0v) is 11.6. The lowest BCUT2D eigenvalue weighted by molar-refractivity contribution is 0.151. The molecule has 1 saturated carbocycles. The largest absolute Gasteiger partial charge is 0.380 e. The molecule has 0 aromatic heterocycles. The summed E-state index contributed by atoms with van der Waals surface area (Å²) in [5.41, 5.74) is 2.70. The summed E-state index contributed by atoms with van der Waals surface area (Å²) in [6.07, 6.45) is 5.61. The number of methoxy groups -OCH3 is 1. The fourth-order valence-electron chi connectivity index (χ4n) is 3.01. The minimum Gasteiger partial charge on any atom is -0.380 e. The predicted molar refractivity (Wildman–Crippen MR) is 75.0 cm³/mol. The molecule has 0 aromatic carbocycles. The van der Waals surface area contributed by atoms with E-state index in [1.807, 2.05) is 0 Å². The highest BCUT2D eigenvalue weighted by atomic mass is 16.5. The van der Waals surface area contributed by atoms with Gasteiger partial charge in [0, 0.05) is 7.11 Å². The van der Waals surface area contributed by atoms with Crippen molar-refractivity contribution in [1.82, 2.24) is 0 Å². The van der Waals surface area contributed by atoms with Gasteiger partial charge in [0.15, 0.2) is 0 Å². The molecule has 0 radical (unpaired) electrons. The minimum absolute atomic E-state index is 0.204. The van der Waals surface area contributed by atoms with Crippen molar-refractivity contribution in [3.8, 4) is 0 Å². The second-order valence-electron chi connectivity index (χ2n) is 5.67. The van der Waals surface area contributed by atoms with Crippen LogP contribution in [0.2, 0.25) is 0 Å². The minimum atomic E-state index is 0.204. The van der Waals surface area contributed by atoms with Gasteiger partial charge in [-0.2, -0.15) is 0 Å². The average Bonchev–Trinajstić information content (AvgIpc) is 2.29. The maximum atomic E-state index is 5.19. The summed E-state index contributed by atoms with van der Waals surface area (Å²) in [5.74, 6) is 1.09. The lowest BCUT2D eigenvalue weighted by Gasteiger charge is -2.43. The van der Waals surface area contributed by atoms with E-state index in [2.05, 4.69) is 39.7 Å². The zero-order valence-electron chi connectivity index (χ0n) is 11.6. The van der Waals surface area contributed by atoms with Crippen molar-refractivity contribution in [2.75, 3.05) is 13.7 Å². The molecule has 1 aliphatic carbocycles. The molecule has 17 heavy (non-hydrogen) atoms. The highest BCUT2D eigenvalue weighted by molar-refractivity contribution is 5.15. The molecular weight excluding hydrogens is 208 g/mol. The van der Waals surface area contributed by atoms with E-state index in [1.165, 1.54) is 24.0 Å². The molecule has 0 spiro atoms. The molecule has 1 nitrogen and oxygen atoms in total. The lowest BCUT2D eigenvalue weighted by atomic mass is 9.61. The Morgan fingerprint density at radius 2 is 2.12 bits per heavy atom. The SMILES string of the molecule is C=C[C@]1(C)CC[C@@H](C(=C)COC)C[C@H]1C(=C)C. The first-order chi connectivity index (χ1) is 7.94. The standard InChI is InChI=1S/C16H26O/c1-7-16(5)9-8-14(13(4)11-17-6)10-15(16)12(2)3/h7,14-15H,1-2,4,8-11H2,3,5-6H3/t14-,15+,16-/m1/s1. The van der Waals surface area contributed by atoms with Crippen LogP contribution in [0, 0.1) is 17.3 Å². The van der Waals surface area contributed by atoms with Gasteiger partial charge in [-0.25, -0.2) is 0 Å². The Morgan fingerprint density at radius 1 is 1.47 bits per heavy atom. The Balaban J connectivity index is 2.79. The molecule has 0 unspecified atom stereocenters. The quantitative estimate of drug-likeness (QED) is 0.642. The molecule has 1 rings (SSSR count). The number of hydrogen-bond acceptors (Lipinski definition) is 1. The van der Waals surface area contributed by atoms with Gasteiger partial charge in [0.25, 0.3) is 0 Å². The molecular formula is C16H26O. The first-order valence-corrected chi connectivity index (χ1v) is 6.40. The molecule has 0 N–H and O–H groups in total. The number of allylic oxidation sites excluding steroid dienone is 2. The van der Waals surface area contributed by atoms with Crippen molar-refractivity contribution in [1.29, 1.82) is 0 Å². The maximum absolute atomic E-state index is 5.19. The molecule has 96 valence electrons. The Hall–Kier alpha value is -0.820. The predicted octanol–water partition coefficient (Wildman–Crippen LogP) is 4.37. The Kier molecular flexibility index (Phi) is 4.76. The number of ether oxygens (including phenoxy) is 1. The van der Waals surface area contributed by atoms with Crippen LogP contribution in [-0.2, 0) is 4.74 Å². The molecule has 0 aromatic rings. The third-order valence-corrected chi connectivity index (χ3v) is 4.32. The molecule has 0 aliphatic heterocycles. The first-order valence-electron chi connectivity index (χ1n) is 6.40. The number of hydrogen-bond donors (Lipinski definition) is 0. The van der Waals surface area contributed by atoms with Gasteiger partial charge in [-0.1, -0.05) is 31.7 Å². The normalized spacial score (nSPS) is 33.1. The third-order valence-electron chi connectivity index (χ3n) is 4.32. The number of rotatable bonds is 5. The van der Waals surface area contributed by atoms with Gasteiger partial charge in [-0.05, 0) is 49.0 Å². The molecule has 1 aliphatic rings. The van der Waals surface area contributed by atoms with Crippen molar-refractivity contribution in [2.24, 2.45) is 17.3 Å². The molecule has 0 bridgehead atoms. The third kappa shape index (κ3) is 3.10. The summed E-state index contributed by atoms with van der Waals surface area (Å²) in [5, 5.41) is 0. The van der Waals surface area contributed by atoms with Gasteiger partial charge in [0.1, 0.15) is 0 Å². The summed E-state index contributed by atoms with van der Waals surface area (Å²) in [6.45, 7) is 17.4. The van der Waals surface area contributed by atoms with Crippen LogP contribution >= 0.6 is 0 Å². The smallest absolute Gasteiger partial charge is 0.0673 e. The van der Waals surface area contributed by atoms with Crippen molar-refractivity contribution < 1.29 is 4.74 Å². The van der Waals surface area contributed by atoms with Gasteiger partial charge < -0.3 is 4.74 Å². The molecule has 0 amide bonds. The Labute approximate surface area is 106 Å². The molecule has 1 fully saturated rings.